The maximum absolute atomic E-state index is 5.90. The molecule has 0 aliphatic heterocycles. The Kier molecular flexibility index (Phi) is 2.33. The molecule has 1 saturated carbocycles. The summed E-state index contributed by atoms with van der Waals surface area (Å²) in [6, 6.07) is 3.81. The molecule has 2 aromatic heterocycles. The van der Waals surface area contributed by atoms with Gasteiger partial charge in [-0.15, -0.1) is 0 Å². The molecule has 0 aromatic carbocycles. The fourth-order valence-corrected chi connectivity index (χ4v) is 2.51. The second kappa shape index (κ2) is 3.74. The van der Waals surface area contributed by atoms with Crippen molar-refractivity contribution in [1.82, 2.24) is 9.97 Å². The molecule has 2 heterocycles. The van der Waals surface area contributed by atoms with Gasteiger partial charge in [0.05, 0.1) is 6.26 Å². The summed E-state index contributed by atoms with van der Waals surface area (Å²) in [5.74, 6) is 1.84. The van der Waals surface area contributed by atoms with Gasteiger partial charge in [0.1, 0.15) is 11.5 Å². The van der Waals surface area contributed by atoms with Crippen molar-refractivity contribution in [2.24, 2.45) is 5.73 Å². The number of rotatable bonds is 3. The fraction of sp³-hybridized carbons (Fsp3) is 0.462. The lowest BCUT2D eigenvalue weighted by Crippen LogP contribution is -2.42. The van der Waals surface area contributed by atoms with Crippen molar-refractivity contribution in [3.05, 3.63) is 29.9 Å². The lowest BCUT2D eigenvalue weighted by Gasteiger charge is -2.39. The number of nitrogens with one attached hydrogen (secondary N) is 1. The van der Waals surface area contributed by atoms with E-state index in [1.807, 2.05) is 19.1 Å². The third kappa shape index (κ3) is 1.52. The van der Waals surface area contributed by atoms with Gasteiger partial charge in [-0.2, -0.15) is 0 Å². The van der Waals surface area contributed by atoms with E-state index >= 15 is 0 Å². The first-order valence-electron chi connectivity index (χ1n) is 6.06. The quantitative estimate of drug-likeness (QED) is 0.852. The molecule has 0 amide bonds. The minimum absolute atomic E-state index is 0.0790. The maximum Gasteiger partial charge on any atom is 0.154 e. The fourth-order valence-electron chi connectivity index (χ4n) is 2.51. The van der Waals surface area contributed by atoms with Gasteiger partial charge >= 0.3 is 0 Å². The third-order valence-electron chi connectivity index (χ3n) is 3.84. The molecule has 2 aromatic rings. The van der Waals surface area contributed by atoms with Gasteiger partial charge in [-0.25, -0.2) is 4.98 Å². The number of nitrogens with two attached hydrogens (primary N) is 1. The topological polar surface area (TPSA) is 67.8 Å². The highest BCUT2D eigenvalue weighted by atomic mass is 16.3. The maximum atomic E-state index is 5.90. The Bertz CT molecular complexity index is 503. The van der Waals surface area contributed by atoms with Gasteiger partial charge in [0.15, 0.2) is 5.76 Å². The Balaban J connectivity index is 2.01. The molecule has 4 nitrogen and oxygen atoms in total. The molecule has 4 heteroatoms. The van der Waals surface area contributed by atoms with Crippen LogP contribution in [0, 0.1) is 6.92 Å². The van der Waals surface area contributed by atoms with E-state index in [1.165, 1.54) is 6.42 Å². The lowest BCUT2D eigenvalue weighted by molar-refractivity contribution is 0.239. The predicted octanol–water partition coefficient (Wildman–Crippen LogP) is 2.36. The molecule has 0 radical (unpaired) electrons. The van der Waals surface area contributed by atoms with Gasteiger partial charge < -0.3 is 15.1 Å². The summed E-state index contributed by atoms with van der Waals surface area (Å²) in [4.78, 5) is 8.06. The number of hydrogen-bond acceptors (Lipinski definition) is 3. The van der Waals surface area contributed by atoms with E-state index in [0.717, 1.165) is 35.8 Å². The van der Waals surface area contributed by atoms with Crippen LogP contribution < -0.4 is 5.73 Å². The highest BCUT2D eigenvalue weighted by molar-refractivity contribution is 5.55. The van der Waals surface area contributed by atoms with E-state index in [2.05, 4.69) is 9.97 Å². The number of nitrogens with zero attached hydrogens (tertiary/aromatic N) is 1. The zero-order chi connectivity index (χ0) is 11.9. The van der Waals surface area contributed by atoms with Gasteiger partial charge in [-0.1, -0.05) is 6.42 Å². The average molecular weight is 231 g/mol. The summed E-state index contributed by atoms with van der Waals surface area (Å²) in [7, 11) is 0. The standard InChI is InChI=1S/C13H17N3O/c1-9-11(10-4-2-7-17-10)16-12(15-9)13(8-14)5-3-6-13/h2,4,7H,3,5-6,8,14H2,1H3,(H,15,16). The second-order valence-electron chi connectivity index (χ2n) is 4.87. The molecule has 1 aliphatic rings. The molecule has 0 bridgehead atoms. The van der Waals surface area contributed by atoms with E-state index in [1.54, 1.807) is 6.26 Å². The Morgan fingerprint density at radius 3 is 2.88 bits per heavy atom. The van der Waals surface area contributed by atoms with Crippen LogP contribution in [0.2, 0.25) is 0 Å². The summed E-state index contributed by atoms with van der Waals surface area (Å²) in [5.41, 5.74) is 7.93. The number of furan rings is 1. The smallest absolute Gasteiger partial charge is 0.154 e. The highest BCUT2D eigenvalue weighted by Crippen LogP contribution is 2.42. The summed E-state index contributed by atoms with van der Waals surface area (Å²) in [6.07, 6.45) is 5.18. The van der Waals surface area contributed by atoms with Crippen molar-refractivity contribution in [1.29, 1.82) is 0 Å². The Labute approximate surface area is 100 Å². The summed E-state index contributed by atoms with van der Waals surface area (Å²) >= 11 is 0. The molecule has 0 unspecified atom stereocenters. The SMILES string of the molecule is Cc1[nH]c(C2(CN)CCC2)nc1-c1ccco1. The molecular formula is C13H17N3O. The van der Waals surface area contributed by atoms with E-state index in [9.17, 15) is 0 Å². The minimum atomic E-state index is 0.0790. The van der Waals surface area contributed by atoms with Gasteiger partial charge in [-0.05, 0) is 31.9 Å². The number of H-pyrrole nitrogens is 1. The van der Waals surface area contributed by atoms with Crippen LogP contribution in [0.3, 0.4) is 0 Å². The molecule has 0 spiro atoms. The van der Waals surface area contributed by atoms with Crippen LogP contribution in [0.15, 0.2) is 22.8 Å². The van der Waals surface area contributed by atoms with Crippen LogP contribution >= 0.6 is 0 Å². The Morgan fingerprint density at radius 2 is 2.35 bits per heavy atom. The molecule has 3 rings (SSSR count). The number of imidazole rings is 1. The normalized spacial score (nSPS) is 18.0. The summed E-state index contributed by atoms with van der Waals surface area (Å²) in [5, 5.41) is 0. The van der Waals surface area contributed by atoms with Crippen LogP contribution in [-0.4, -0.2) is 16.5 Å². The van der Waals surface area contributed by atoms with Crippen molar-refractivity contribution < 1.29 is 4.42 Å². The molecule has 3 N–H and O–H groups in total. The second-order valence-corrected chi connectivity index (χ2v) is 4.87. The van der Waals surface area contributed by atoms with E-state index < -0.39 is 0 Å². The van der Waals surface area contributed by atoms with Crippen molar-refractivity contribution in [3.8, 4) is 11.5 Å². The van der Waals surface area contributed by atoms with Crippen LogP contribution in [0.25, 0.3) is 11.5 Å². The summed E-state index contributed by atoms with van der Waals surface area (Å²) < 4.78 is 5.40. The number of aryl methyl sites for hydroxylation is 1. The van der Waals surface area contributed by atoms with E-state index in [0.29, 0.717) is 6.54 Å². The van der Waals surface area contributed by atoms with Crippen molar-refractivity contribution in [2.75, 3.05) is 6.54 Å². The molecule has 1 aliphatic carbocycles. The predicted molar refractivity (Wildman–Crippen MR) is 65.6 cm³/mol. The van der Waals surface area contributed by atoms with Crippen LogP contribution in [0.5, 0.6) is 0 Å². The Morgan fingerprint density at radius 1 is 1.53 bits per heavy atom. The average Bonchev–Trinajstić information content (AvgIpc) is 2.86. The van der Waals surface area contributed by atoms with Gasteiger partial charge in [0, 0.05) is 17.7 Å². The van der Waals surface area contributed by atoms with Gasteiger partial charge in [0.2, 0.25) is 0 Å². The van der Waals surface area contributed by atoms with Gasteiger partial charge in [-0.3, -0.25) is 0 Å². The monoisotopic (exact) mass is 231 g/mol. The Hall–Kier alpha value is -1.55. The summed E-state index contributed by atoms with van der Waals surface area (Å²) in [6.45, 7) is 2.69. The van der Waals surface area contributed by atoms with Gasteiger partial charge in [0.25, 0.3) is 0 Å². The minimum Gasteiger partial charge on any atom is -0.463 e. The molecule has 90 valence electrons. The molecule has 0 saturated heterocycles. The van der Waals surface area contributed by atoms with E-state index in [-0.39, 0.29) is 5.41 Å². The first kappa shape index (κ1) is 10.6. The number of aromatic amines is 1. The van der Waals surface area contributed by atoms with Crippen molar-refractivity contribution >= 4 is 0 Å². The molecule has 0 atom stereocenters. The van der Waals surface area contributed by atoms with E-state index in [4.69, 9.17) is 10.2 Å². The van der Waals surface area contributed by atoms with Crippen LogP contribution in [-0.2, 0) is 5.41 Å². The van der Waals surface area contributed by atoms with Crippen LogP contribution in [0.4, 0.5) is 0 Å². The number of aromatic nitrogens is 2. The third-order valence-corrected chi connectivity index (χ3v) is 3.84. The largest absolute Gasteiger partial charge is 0.463 e. The molecule has 17 heavy (non-hydrogen) atoms. The number of hydrogen-bond donors (Lipinski definition) is 2. The zero-order valence-corrected chi connectivity index (χ0v) is 9.99. The van der Waals surface area contributed by atoms with Crippen molar-refractivity contribution in [2.45, 2.75) is 31.6 Å². The van der Waals surface area contributed by atoms with Crippen LogP contribution in [0.1, 0.15) is 30.8 Å². The lowest BCUT2D eigenvalue weighted by atomic mass is 9.68. The zero-order valence-electron chi connectivity index (χ0n) is 9.99. The van der Waals surface area contributed by atoms with Crippen molar-refractivity contribution in [3.63, 3.8) is 0 Å². The molecule has 1 fully saturated rings. The molecular weight excluding hydrogens is 214 g/mol. The first-order chi connectivity index (χ1) is 8.25. The highest BCUT2D eigenvalue weighted by Gasteiger charge is 2.40. The first-order valence-corrected chi connectivity index (χ1v) is 6.06.